The Hall–Kier alpha value is -3.53. The maximum Gasteiger partial charge on any atom is 0.270 e. The minimum atomic E-state index is -0.534. The number of amides is 2. The van der Waals surface area contributed by atoms with Gasteiger partial charge in [0.15, 0.2) is 0 Å². The van der Waals surface area contributed by atoms with Gasteiger partial charge in [-0.05, 0) is 30.3 Å². The second-order valence-electron chi connectivity index (χ2n) is 6.86. The highest BCUT2D eigenvalue weighted by molar-refractivity contribution is 6.00. The van der Waals surface area contributed by atoms with Crippen molar-refractivity contribution >= 4 is 28.9 Å². The molecule has 0 aromatic heterocycles. The fourth-order valence-electron chi connectivity index (χ4n) is 3.26. The second-order valence-corrected chi connectivity index (χ2v) is 6.86. The summed E-state index contributed by atoms with van der Waals surface area (Å²) in [4.78, 5) is 39.1. The van der Waals surface area contributed by atoms with E-state index in [-0.39, 0.29) is 35.4 Å². The Morgan fingerprint density at radius 3 is 2.37 bits per heavy atom. The van der Waals surface area contributed by atoms with Crippen LogP contribution in [0.2, 0.25) is 0 Å². The van der Waals surface area contributed by atoms with Crippen LogP contribution in [0.5, 0.6) is 0 Å². The van der Waals surface area contributed by atoms with E-state index < -0.39 is 4.92 Å². The Labute approximate surface area is 172 Å². The Bertz CT molecular complexity index is 943. The molecule has 0 saturated carbocycles. The third kappa shape index (κ3) is 5.09. The molecule has 0 radical (unpaired) electrons. The van der Waals surface area contributed by atoms with E-state index in [0.717, 1.165) is 0 Å². The van der Waals surface area contributed by atoms with Crippen LogP contribution in [-0.4, -0.2) is 66.3 Å². The average Bonchev–Trinajstić information content (AvgIpc) is 2.75. The van der Waals surface area contributed by atoms with Crippen LogP contribution in [0.25, 0.3) is 0 Å². The summed E-state index contributed by atoms with van der Waals surface area (Å²) < 4.78 is 12.9. The number of piperazine rings is 1. The van der Waals surface area contributed by atoms with Crippen molar-refractivity contribution in [2.75, 3.05) is 50.4 Å². The molecular weight excluding hydrogens is 393 g/mol. The molecule has 1 heterocycles. The first kappa shape index (κ1) is 21.2. The van der Waals surface area contributed by atoms with E-state index >= 15 is 0 Å². The van der Waals surface area contributed by atoms with E-state index in [4.69, 9.17) is 0 Å². The minimum Gasteiger partial charge on any atom is -0.387 e. The number of carbonyl (C=O) groups is 2. The quantitative estimate of drug-likeness (QED) is 0.553. The molecule has 0 aliphatic carbocycles. The SMILES string of the molecule is CNc1ccc([N+](=O)[O-])cc1C(=O)N1CCN(CC(=O)Nc2ccc(F)cc2)CC1. The van der Waals surface area contributed by atoms with Crippen LogP contribution in [0.3, 0.4) is 0 Å². The van der Waals surface area contributed by atoms with Gasteiger partial charge in [-0.15, -0.1) is 0 Å². The topological polar surface area (TPSA) is 108 Å². The zero-order chi connectivity index (χ0) is 21.7. The van der Waals surface area contributed by atoms with E-state index in [2.05, 4.69) is 10.6 Å². The van der Waals surface area contributed by atoms with Crippen molar-refractivity contribution in [3.05, 3.63) is 64.0 Å². The molecule has 10 heteroatoms. The molecule has 2 amide bonds. The molecule has 2 aromatic rings. The number of nitrogens with one attached hydrogen (secondary N) is 2. The molecule has 30 heavy (non-hydrogen) atoms. The monoisotopic (exact) mass is 415 g/mol. The van der Waals surface area contributed by atoms with Gasteiger partial charge in [-0.3, -0.25) is 24.6 Å². The van der Waals surface area contributed by atoms with E-state index in [1.807, 2.05) is 4.90 Å². The maximum absolute atomic E-state index is 12.9. The fourth-order valence-corrected chi connectivity index (χ4v) is 3.26. The van der Waals surface area contributed by atoms with Crippen LogP contribution in [0, 0.1) is 15.9 Å². The lowest BCUT2D eigenvalue weighted by Crippen LogP contribution is -2.50. The summed E-state index contributed by atoms with van der Waals surface area (Å²) >= 11 is 0. The van der Waals surface area contributed by atoms with Gasteiger partial charge in [0.2, 0.25) is 5.91 Å². The number of non-ortho nitro benzene ring substituents is 1. The van der Waals surface area contributed by atoms with Crippen molar-refractivity contribution in [3.63, 3.8) is 0 Å². The van der Waals surface area contributed by atoms with Gasteiger partial charge in [-0.2, -0.15) is 0 Å². The van der Waals surface area contributed by atoms with Crippen molar-refractivity contribution < 1.29 is 18.9 Å². The highest BCUT2D eigenvalue weighted by Crippen LogP contribution is 2.24. The molecule has 3 rings (SSSR count). The first-order valence-electron chi connectivity index (χ1n) is 9.40. The smallest absolute Gasteiger partial charge is 0.270 e. The number of carbonyl (C=O) groups excluding carboxylic acids is 2. The molecule has 0 bridgehead atoms. The summed E-state index contributed by atoms with van der Waals surface area (Å²) in [6.07, 6.45) is 0. The van der Waals surface area contributed by atoms with Gasteiger partial charge >= 0.3 is 0 Å². The van der Waals surface area contributed by atoms with Gasteiger partial charge in [0, 0.05) is 56.7 Å². The standard InChI is InChI=1S/C20H22FN5O4/c1-22-18-7-6-16(26(29)30)12-17(18)20(28)25-10-8-24(9-11-25)13-19(27)23-15-4-2-14(21)3-5-15/h2-7,12,22H,8-11,13H2,1H3,(H,23,27). The van der Waals surface area contributed by atoms with Crippen LogP contribution in [0.1, 0.15) is 10.4 Å². The Morgan fingerprint density at radius 1 is 1.10 bits per heavy atom. The molecular formula is C20H22FN5O4. The number of rotatable bonds is 6. The number of hydrogen-bond donors (Lipinski definition) is 2. The van der Waals surface area contributed by atoms with Crippen LogP contribution in [-0.2, 0) is 4.79 Å². The fraction of sp³-hybridized carbons (Fsp3) is 0.300. The molecule has 1 aliphatic heterocycles. The van der Waals surface area contributed by atoms with Crippen LogP contribution >= 0.6 is 0 Å². The second kappa shape index (κ2) is 9.31. The molecule has 0 spiro atoms. The lowest BCUT2D eigenvalue weighted by molar-refractivity contribution is -0.384. The van der Waals surface area contributed by atoms with Crippen molar-refractivity contribution in [3.8, 4) is 0 Å². The molecule has 2 N–H and O–H groups in total. The van der Waals surface area contributed by atoms with Gasteiger partial charge in [-0.1, -0.05) is 0 Å². The number of nitrogens with zero attached hydrogens (tertiary/aromatic N) is 3. The third-order valence-corrected chi connectivity index (χ3v) is 4.87. The number of halogens is 1. The Balaban J connectivity index is 1.56. The lowest BCUT2D eigenvalue weighted by Gasteiger charge is -2.34. The van der Waals surface area contributed by atoms with Crippen LogP contribution in [0.4, 0.5) is 21.5 Å². The van der Waals surface area contributed by atoms with E-state index in [9.17, 15) is 24.1 Å². The van der Waals surface area contributed by atoms with Crippen molar-refractivity contribution in [1.82, 2.24) is 9.80 Å². The molecule has 0 unspecified atom stereocenters. The maximum atomic E-state index is 12.9. The van der Waals surface area contributed by atoms with E-state index in [0.29, 0.717) is 37.6 Å². The number of hydrogen-bond acceptors (Lipinski definition) is 6. The lowest BCUT2D eigenvalue weighted by atomic mass is 10.1. The van der Waals surface area contributed by atoms with E-state index in [1.165, 1.54) is 42.5 Å². The summed E-state index contributed by atoms with van der Waals surface area (Å²) in [7, 11) is 1.65. The Kier molecular flexibility index (Phi) is 6.58. The van der Waals surface area contributed by atoms with Gasteiger partial charge in [0.25, 0.3) is 11.6 Å². The molecule has 1 fully saturated rings. The largest absolute Gasteiger partial charge is 0.387 e. The van der Waals surface area contributed by atoms with Gasteiger partial charge < -0.3 is 15.5 Å². The summed E-state index contributed by atoms with van der Waals surface area (Å²) in [5.41, 5.74) is 1.13. The van der Waals surface area contributed by atoms with Gasteiger partial charge in [0.05, 0.1) is 17.0 Å². The highest BCUT2D eigenvalue weighted by Gasteiger charge is 2.26. The molecule has 1 aliphatic rings. The van der Waals surface area contributed by atoms with Crippen LogP contribution < -0.4 is 10.6 Å². The molecule has 9 nitrogen and oxygen atoms in total. The number of benzene rings is 2. The molecule has 0 atom stereocenters. The van der Waals surface area contributed by atoms with Crippen molar-refractivity contribution in [2.45, 2.75) is 0 Å². The molecule has 158 valence electrons. The summed E-state index contributed by atoms with van der Waals surface area (Å²) in [6, 6.07) is 9.66. The minimum absolute atomic E-state index is 0.145. The predicted molar refractivity (Wildman–Crippen MR) is 110 cm³/mol. The third-order valence-electron chi connectivity index (χ3n) is 4.87. The summed E-state index contributed by atoms with van der Waals surface area (Å²) in [5.74, 6) is -0.894. The molecule has 2 aromatic carbocycles. The number of nitro benzene ring substituents is 1. The summed E-state index contributed by atoms with van der Waals surface area (Å²) in [6.45, 7) is 1.93. The zero-order valence-corrected chi connectivity index (χ0v) is 16.4. The predicted octanol–water partition coefficient (Wildman–Crippen LogP) is 2.17. The normalized spacial score (nSPS) is 14.3. The number of anilines is 2. The van der Waals surface area contributed by atoms with Gasteiger partial charge in [0.1, 0.15) is 5.82 Å². The zero-order valence-electron chi connectivity index (χ0n) is 16.4. The highest BCUT2D eigenvalue weighted by atomic mass is 19.1. The molecule has 1 saturated heterocycles. The first-order valence-corrected chi connectivity index (χ1v) is 9.40. The van der Waals surface area contributed by atoms with Crippen molar-refractivity contribution in [1.29, 1.82) is 0 Å². The van der Waals surface area contributed by atoms with E-state index in [1.54, 1.807) is 11.9 Å². The average molecular weight is 415 g/mol. The van der Waals surface area contributed by atoms with Crippen molar-refractivity contribution in [2.24, 2.45) is 0 Å². The van der Waals surface area contributed by atoms with Crippen LogP contribution in [0.15, 0.2) is 42.5 Å². The Morgan fingerprint density at radius 2 is 1.77 bits per heavy atom. The summed E-state index contributed by atoms with van der Waals surface area (Å²) in [5, 5.41) is 16.6. The van der Waals surface area contributed by atoms with Gasteiger partial charge in [-0.25, -0.2) is 4.39 Å². The number of nitro groups is 1. The first-order chi connectivity index (χ1) is 14.4.